The Bertz CT molecular complexity index is 1870. The number of hydrogen-bond acceptors (Lipinski definition) is 8. The molecular weight excluding hydrogens is 490 g/mol. The number of carbonyl (C=O) groups excluding carboxylic acids is 1. The molecule has 0 radical (unpaired) electrons. The van der Waals surface area contributed by atoms with E-state index in [-0.39, 0.29) is 34.3 Å². The molecule has 1 aliphatic rings. The number of ether oxygens (including phenoxy) is 3. The summed E-state index contributed by atoms with van der Waals surface area (Å²) in [7, 11) is 3.09. The number of methoxy groups -OCH3 is 2. The Hall–Kier alpha value is -5.05. The van der Waals surface area contributed by atoms with Crippen LogP contribution in [0.2, 0.25) is 0 Å². The summed E-state index contributed by atoms with van der Waals surface area (Å²) in [4.78, 5) is 42.1. The summed E-state index contributed by atoms with van der Waals surface area (Å²) in [6.45, 7) is 0. The lowest BCUT2D eigenvalue weighted by Gasteiger charge is -2.25. The average molecular weight is 511 g/mol. The average Bonchev–Trinajstić information content (AvgIpc) is 2.92. The van der Waals surface area contributed by atoms with E-state index in [9.17, 15) is 19.5 Å². The number of aromatic nitrogens is 1. The number of H-pyrrole nitrogens is 1. The molecule has 0 saturated carbocycles. The molecule has 0 spiro atoms. The van der Waals surface area contributed by atoms with Crippen LogP contribution in [0.4, 0.5) is 0 Å². The number of esters is 1. The van der Waals surface area contributed by atoms with E-state index >= 15 is 0 Å². The normalized spacial score (nSPS) is 14.8. The summed E-state index contributed by atoms with van der Waals surface area (Å²) in [6, 6.07) is 15.0. The fourth-order valence-corrected chi connectivity index (χ4v) is 4.95. The molecule has 6 rings (SSSR count). The Morgan fingerprint density at radius 1 is 0.947 bits per heavy atom. The Kier molecular flexibility index (Phi) is 5.41. The van der Waals surface area contributed by atoms with Gasteiger partial charge in [-0.1, -0.05) is 12.1 Å². The first kappa shape index (κ1) is 23.4. The fourth-order valence-electron chi connectivity index (χ4n) is 4.95. The quantitative estimate of drug-likeness (QED) is 0.267. The number of rotatable bonds is 4. The third kappa shape index (κ3) is 3.67. The molecule has 9 heteroatoms. The maximum atomic E-state index is 13.6. The number of pyridine rings is 1. The number of fused-ring (bicyclic) bond motifs is 4. The van der Waals surface area contributed by atoms with Gasteiger partial charge in [-0.25, -0.2) is 0 Å². The molecule has 2 aromatic heterocycles. The van der Waals surface area contributed by atoms with Crippen LogP contribution < -0.4 is 25.2 Å². The molecule has 0 fully saturated rings. The van der Waals surface area contributed by atoms with Crippen molar-refractivity contribution in [1.29, 1.82) is 0 Å². The monoisotopic (exact) mass is 511 g/mol. The van der Waals surface area contributed by atoms with Gasteiger partial charge >= 0.3 is 5.97 Å². The molecule has 1 unspecified atom stereocenters. The number of aromatic hydroxyl groups is 1. The van der Waals surface area contributed by atoms with Gasteiger partial charge in [0.2, 0.25) is 5.43 Å². The predicted molar refractivity (Wildman–Crippen MR) is 139 cm³/mol. The molecule has 1 aliphatic heterocycles. The van der Waals surface area contributed by atoms with Gasteiger partial charge in [0.15, 0.2) is 0 Å². The molecule has 9 nitrogen and oxygen atoms in total. The molecular formula is C29H21NO8. The van der Waals surface area contributed by atoms with Gasteiger partial charge in [-0.2, -0.15) is 0 Å². The van der Waals surface area contributed by atoms with Crippen LogP contribution in [0.1, 0.15) is 23.5 Å². The number of phenolic OH excluding ortho intramolecular Hbond substituents is 1. The van der Waals surface area contributed by atoms with Gasteiger partial charge in [0, 0.05) is 34.0 Å². The lowest BCUT2D eigenvalue weighted by atomic mass is 9.85. The number of benzene rings is 3. The van der Waals surface area contributed by atoms with E-state index in [0.29, 0.717) is 33.5 Å². The SMILES string of the molecule is COc1ccc(-c2coc3c4c(cc(O)c3c2=O)OC(=O)CC4c2cc3cc(OC)ccc3[nH]c2=O)cc1. The second-order valence-corrected chi connectivity index (χ2v) is 8.96. The lowest BCUT2D eigenvalue weighted by Crippen LogP contribution is -2.26. The summed E-state index contributed by atoms with van der Waals surface area (Å²) in [6.07, 6.45) is 1.14. The Labute approximate surface area is 214 Å². The first-order valence-corrected chi connectivity index (χ1v) is 11.8. The summed E-state index contributed by atoms with van der Waals surface area (Å²) in [5.41, 5.74) is 1.21. The Morgan fingerprint density at radius 2 is 1.68 bits per heavy atom. The molecule has 0 aliphatic carbocycles. The molecule has 0 saturated heterocycles. The van der Waals surface area contributed by atoms with Crippen LogP contribution >= 0.6 is 0 Å². The maximum absolute atomic E-state index is 13.6. The third-order valence-corrected chi connectivity index (χ3v) is 6.83. The van der Waals surface area contributed by atoms with E-state index < -0.39 is 28.6 Å². The minimum atomic E-state index is -0.788. The van der Waals surface area contributed by atoms with Gasteiger partial charge in [0.25, 0.3) is 5.56 Å². The molecule has 0 amide bonds. The second-order valence-electron chi connectivity index (χ2n) is 8.96. The lowest BCUT2D eigenvalue weighted by molar-refractivity contribution is -0.135. The Morgan fingerprint density at radius 3 is 2.42 bits per heavy atom. The summed E-state index contributed by atoms with van der Waals surface area (Å²) in [5, 5.41) is 11.4. The highest BCUT2D eigenvalue weighted by atomic mass is 16.5. The Balaban J connectivity index is 1.59. The van der Waals surface area contributed by atoms with Gasteiger partial charge < -0.3 is 28.7 Å². The number of phenols is 1. The van der Waals surface area contributed by atoms with Gasteiger partial charge in [0.05, 0.1) is 26.2 Å². The fraction of sp³-hybridized carbons (Fsp3) is 0.138. The molecule has 38 heavy (non-hydrogen) atoms. The van der Waals surface area contributed by atoms with E-state index in [1.807, 2.05) is 0 Å². The zero-order chi connectivity index (χ0) is 26.6. The highest BCUT2D eigenvalue weighted by Crippen LogP contribution is 2.45. The van der Waals surface area contributed by atoms with Crippen molar-refractivity contribution in [2.24, 2.45) is 0 Å². The summed E-state index contributed by atoms with van der Waals surface area (Å²) >= 11 is 0. The molecule has 2 N–H and O–H groups in total. The minimum absolute atomic E-state index is 0.0294. The topological polar surface area (TPSA) is 128 Å². The van der Waals surface area contributed by atoms with Crippen LogP contribution in [0.3, 0.4) is 0 Å². The van der Waals surface area contributed by atoms with Crippen molar-refractivity contribution in [3.63, 3.8) is 0 Å². The molecule has 190 valence electrons. The van der Waals surface area contributed by atoms with Gasteiger partial charge in [0.1, 0.15) is 40.2 Å². The standard InChI is InChI=1S/C29H21NO8/c1-35-16-5-3-14(4-6-16)20-13-37-28-25-18(11-24(32)38-23(25)12-22(31)26(28)27(20)33)19-10-15-9-17(36-2)7-8-21(15)30-29(19)34/h3-10,12-13,18,31H,11H2,1-2H3,(H,30,34). The molecule has 3 heterocycles. The number of aromatic amines is 1. The van der Waals surface area contributed by atoms with Crippen LogP contribution in [0.15, 0.2) is 74.9 Å². The van der Waals surface area contributed by atoms with Crippen molar-refractivity contribution < 1.29 is 28.5 Å². The largest absolute Gasteiger partial charge is 0.507 e. The van der Waals surface area contributed by atoms with E-state index in [1.54, 1.807) is 62.8 Å². The minimum Gasteiger partial charge on any atom is -0.507 e. The van der Waals surface area contributed by atoms with Crippen molar-refractivity contribution in [1.82, 2.24) is 4.98 Å². The zero-order valence-corrected chi connectivity index (χ0v) is 20.4. The zero-order valence-electron chi connectivity index (χ0n) is 20.4. The van der Waals surface area contributed by atoms with Crippen LogP contribution in [0.25, 0.3) is 33.0 Å². The highest BCUT2D eigenvalue weighted by Gasteiger charge is 2.35. The molecule has 1 atom stereocenters. The van der Waals surface area contributed by atoms with E-state index in [1.165, 1.54) is 12.3 Å². The number of nitrogens with one attached hydrogen (secondary N) is 1. The first-order chi connectivity index (χ1) is 18.4. The van der Waals surface area contributed by atoms with E-state index in [0.717, 1.165) is 0 Å². The van der Waals surface area contributed by atoms with Gasteiger partial charge in [-0.15, -0.1) is 0 Å². The molecule has 3 aromatic carbocycles. The van der Waals surface area contributed by atoms with Crippen molar-refractivity contribution >= 4 is 27.8 Å². The van der Waals surface area contributed by atoms with E-state index in [2.05, 4.69) is 4.98 Å². The van der Waals surface area contributed by atoms with Gasteiger partial charge in [-0.3, -0.25) is 14.4 Å². The van der Waals surface area contributed by atoms with Crippen molar-refractivity contribution in [2.45, 2.75) is 12.3 Å². The second kappa shape index (κ2) is 8.81. The van der Waals surface area contributed by atoms with Crippen LogP contribution in [0.5, 0.6) is 23.0 Å². The number of carbonyl (C=O) groups is 1. The van der Waals surface area contributed by atoms with E-state index in [4.69, 9.17) is 18.6 Å². The first-order valence-electron chi connectivity index (χ1n) is 11.8. The summed E-state index contributed by atoms with van der Waals surface area (Å²) < 4.78 is 21.8. The highest BCUT2D eigenvalue weighted by molar-refractivity contribution is 5.94. The van der Waals surface area contributed by atoms with Crippen molar-refractivity contribution in [3.8, 4) is 34.1 Å². The van der Waals surface area contributed by atoms with Crippen LogP contribution in [-0.2, 0) is 4.79 Å². The molecule has 5 aromatic rings. The van der Waals surface area contributed by atoms with Crippen molar-refractivity contribution in [3.05, 3.63) is 92.6 Å². The van der Waals surface area contributed by atoms with Crippen molar-refractivity contribution in [2.75, 3.05) is 14.2 Å². The number of hydrogen-bond donors (Lipinski definition) is 2. The van der Waals surface area contributed by atoms with Gasteiger partial charge in [-0.05, 0) is 42.0 Å². The third-order valence-electron chi connectivity index (χ3n) is 6.83. The molecule has 0 bridgehead atoms. The maximum Gasteiger partial charge on any atom is 0.312 e. The smallest absolute Gasteiger partial charge is 0.312 e. The van der Waals surface area contributed by atoms with Crippen LogP contribution in [-0.4, -0.2) is 30.3 Å². The predicted octanol–water partition coefficient (Wildman–Crippen LogP) is 4.47. The van der Waals surface area contributed by atoms with Crippen LogP contribution in [0, 0.1) is 0 Å². The summed E-state index contributed by atoms with van der Waals surface area (Å²) in [5.74, 6) is -0.507.